The smallest absolute Gasteiger partial charge is 0.224 e. The summed E-state index contributed by atoms with van der Waals surface area (Å²) in [5, 5.41) is 6.31. The minimum atomic E-state index is 0.0792. The highest BCUT2D eigenvalue weighted by Gasteiger charge is 2.02. The van der Waals surface area contributed by atoms with E-state index in [0.717, 1.165) is 42.9 Å². The van der Waals surface area contributed by atoms with Gasteiger partial charge in [0.2, 0.25) is 5.91 Å². The molecule has 1 amide bonds. The molecule has 4 heteroatoms. The molecule has 0 aliphatic carbocycles. The van der Waals surface area contributed by atoms with Crippen LogP contribution in [0.1, 0.15) is 31.7 Å². The van der Waals surface area contributed by atoms with Crippen LogP contribution in [0.4, 0.5) is 11.4 Å². The van der Waals surface area contributed by atoms with E-state index in [9.17, 15) is 4.79 Å². The number of hydrogen-bond acceptors (Lipinski definition) is 3. The van der Waals surface area contributed by atoms with Gasteiger partial charge in [-0.25, -0.2) is 0 Å². The van der Waals surface area contributed by atoms with Crippen molar-refractivity contribution in [2.24, 2.45) is 0 Å². The summed E-state index contributed by atoms with van der Waals surface area (Å²) in [4.78, 5) is 11.7. The van der Waals surface area contributed by atoms with Gasteiger partial charge in [0.1, 0.15) is 5.75 Å². The number of methoxy groups -OCH3 is 1. The molecule has 2 aromatic rings. The van der Waals surface area contributed by atoms with E-state index < -0.39 is 0 Å². The second kappa shape index (κ2) is 9.60. The van der Waals surface area contributed by atoms with Gasteiger partial charge in [-0.2, -0.15) is 0 Å². The van der Waals surface area contributed by atoms with Crippen LogP contribution in [-0.2, 0) is 11.2 Å². The Morgan fingerprint density at radius 2 is 1.83 bits per heavy atom. The van der Waals surface area contributed by atoms with Crippen LogP contribution in [0.3, 0.4) is 0 Å². The Kier molecular flexibility index (Phi) is 7.15. The molecule has 0 radical (unpaired) electrons. The predicted octanol–water partition coefficient (Wildman–Crippen LogP) is 4.48. The molecule has 2 rings (SSSR count). The summed E-state index contributed by atoms with van der Waals surface area (Å²) in [5.41, 5.74) is 3.13. The van der Waals surface area contributed by atoms with Crippen LogP contribution in [0, 0.1) is 0 Å². The zero-order valence-corrected chi connectivity index (χ0v) is 14.5. The SMILES string of the molecule is CCCCC(=O)Nc1ccc(NCCc2cccc(OC)c2)cc1. The molecular weight excluding hydrogens is 300 g/mol. The van der Waals surface area contributed by atoms with Crippen LogP contribution in [0.15, 0.2) is 48.5 Å². The first kappa shape index (κ1) is 17.9. The lowest BCUT2D eigenvalue weighted by Crippen LogP contribution is -2.11. The molecule has 0 aromatic heterocycles. The van der Waals surface area contributed by atoms with Gasteiger partial charge in [-0.1, -0.05) is 25.5 Å². The molecule has 0 saturated carbocycles. The number of carbonyl (C=O) groups is 1. The molecule has 0 heterocycles. The first-order valence-corrected chi connectivity index (χ1v) is 8.48. The predicted molar refractivity (Wildman–Crippen MR) is 99.8 cm³/mol. The van der Waals surface area contributed by atoms with Crippen molar-refractivity contribution >= 4 is 17.3 Å². The zero-order valence-electron chi connectivity index (χ0n) is 14.5. The van der Waals surface area contributed by atoms with E-state index in [1.165, 1.54) is 5.56 Å². The van der Waals surface area contributed by atoms with E-state index in [2.05, 4.69) is 29.7 Å². The highest BCUT2D eigenvalue weighted by atomic mass is 16.5. The molecule has 128 valence electrons. The third kappa shape index (κ3) is 5.95. The molecule has 0 aliphatic heterocycles. The van der Waals surface area contributed by atoms with Gasteiger partial charge in [0.05, 0.1) is 7.11 Å². The summed E-state index contributed by atoms with van der Waals surface area (Å²) in [6.07, 6.45) is 3.46. The standard InChI is InChI=1S/C20H26N2O2/c1-3-4-8-20(23)22-18-11-9-17(10-12-18)21-14-13-16-6-5-7-19(15-16)24-2/h5-7,9-12,15,21H,3-4,8,13-14H2,1-2H3,(H,22,23). The number of ether oxygens (including phenoxy) is 1. The quantitative estimate of drug-likeness (QED) is 0.714. The van der Waals surface area contributed by atoms with E-state index >= 15 is 0 Å². The summed E-state index contributed by atoms with van der Waals surface area (Å²) < 4.78 is 5.23. The molecule has 0 fully saturated rings. The average Bonchev–Trinajstić information content (AvgIpc) is 2.61. The summed E-state index contributed by atoms with van der Waals surface area (Å²) in [6.45, 7) is 2.93. The number of unbranched alkanes of at least 4 members (excludes halogenated alkanes) is 1. The number of nitrogens with one attached hydrogen (secondary N) is 2. The van der Waals surface area contributed by atoms with Crippen LogP contribution in [0.2, 0.25) is 0 Å². The Morgan fingerprint density at radius 3 is 2.54 bits per heavy atom. The Bertz CT molecular complexity index is 638. The van der Waals surface area contributed by atoms with Crippen molar-refractivity contribution in [1.29, 1.82) is 0 Å². The number of hydrogen-bond donors (Lipinski definition) is 2. The maximum absolute atomic E-state index is 11.7. The number of carbonyl (C=O) groups excluding carboxylic acids is 1. The van der Waals surface area contributed by atoms with Crippen LogP contribution in [0.25, 0.3) is 0 Å². The van der Waals surface area contributed by atoms with E-state index in [-0.39, 0.29) is 5.91 Å². The first-order valence-electron chi connectivity index (χ1n) is 8.48. The van der Waals surface area contributed by atoms with E-state index in [1.54, 1.807) is 7.11 Å². The minimum absolute atomic E-state index is 0.0792. The van der Waals surface area contributed by atoms with Crippen LogP contribution < -0.4 is 15.4 Å². The number of rotatable bonds is 9. The lowest BCUT2D eigenvalue weighted by Gasteiger charge is -2.09. The van der Waals surface area contributed by atoms with Crippen molar-refractivity contribution in [3.63, 3.8) is 0 Å². The van der Waals surface area contributed by atoms with Gasteiger partial charge in [0.25, 0.3) is 0 Å². The fourth-order valence-electron chi connectivity index (χ4n) is 2.41. The number of anilines is 2. The van der Waals surface area contributed by atoms with Gasteiger partial charge in [-0.05, 0) is 54.8 Å². The molecule has 24 heavy (non-hydrogen) atoms. The molecule has 0 bridgehead atoms. The summed E-state index contributed by atoms with van der Waals surface area (Å²) >= 11 is 0. The molecule has 2 N–H and O–H groups in total. The average molecular weight is 326 g/mol. The first-order chi connectivity index (χ1) is 11.7. The molecule has 2 aromatic carbocycles. The maximum Gasteiger partial charge on any atom is 0.224 e. The zero-order chi connectivity index (χ0) is 17.2. The largest absolute Gasteiger partial charge is 0.497 e. The van der Waals surface area contributed by atoms with Crippen molar-refractivity contribution < 1.29 is 9.53 Å². The third-order valence-corrected chi connectivity index (χ3v) is 3.80. The van der Waals surface area contributed by atoms with Crippen molar-refractivity contribution in [1.82, 2.24) is 0 Å². The summed E-state index contributed by atoms with van der Waals surface area (Å²) in [7, 11) is 1.68. The topological polar surface area (TPSA) is 50.4 Å². The molecule has 0 spiro atoms. The highest BCUT2D eigenvalue weighted by molar-refractivity contribution is 5.90. The molecular formula is C20H26N2O2. The Hall–Kier alpha value is -2.49. The van der Waals surface area contributed by atoms with Gasteiger partial charge in [-0.15, -0.1) is 0 Å². The normalized spacial score (nSPS) is 10.2. The van der Waals surface area contributed by atoms with E-state index in [1.807, 2.05) is 36.4 Å². The Balaban J connectivity index is 1.78. The van der Waals surface area contributed by atoms with Gasteiger partial charge < -0.3 is 15.4 Å². The maximum atomic E-state index is 11.7. The fourth-order valence-corrected chi connectivity index (χ4v) is 2.41. The minimum Gasteiger partial charge on any atom is -0.497 e. The fraction of sp³-hybridized carbons (Fsp3) is 0.350. The van der Waals surface area contributed by atoms with Crippen LogP contribution >= 0.6 is 0 Å². The van der Waals surface area contributed by atoms with Crippen molar-refractivity contribution in [3.05, 3.63) is 54.1 Å². The Labute approximate surface area is 144 Å². The molecule has 4 nitrogen and oxygen atoms in total. The molecule has 0 saturated heterocycles. The van der Waals surface area contributed by atoms with Gasteiger partial charge in [0, 0.05) is 24.3 Å². The number of benzene rings is 2. The lowest BCUT2D eigenvalue weighted by atomic mass is 10.1. The van der Waals surface area contributed by atoms with Gasteiger partial charge >= 0.3 is 0 Å². The summed E-state index contributed by atoms with van der Waals surface area (Å²) in [6, 6.07) is 15.9. The lowest BCUT2D eigenvalue weighted by molar-refractivity contribution is -0.116. The highest BCUT2D eigenvalue weighted by Crippen LogP contribution is 2.16. The van der Waals surface area contributed by atoms with Crippen molar-refractivity contribution in [2.75, 3.05) is 24.3 Å². The molecule has 0 atom stereocenters. The second-order valence-corrected chi connectivity index (χ2v) is 5.76. The van der Waals surface area contributed by atoms with Gasteiger partial charge in [-0.3, -0.25) is 4.79 Å². The van der Waals surface area contributed by atoms with E-state index in [4.69, 9.17) is 4.74 Å². The van der Waals surface area contributed by atoms with Gasteiger partial charge in [0.15, 0.2) is 0 Å². The summed E-state index contributed by atoms with van der Waals surface area (Å²) in [5.74, 6) is 0.964. The van der Waals surface area contributed by atoms with Crippen LogP contribution in [0.5, 0.6) is 5.75 Å². The second-order valence-electron chi connectivity index (χ2n) is 5.76. The molecule has 0 aliphatic rings. The monoisotopic (exact) mass is 326 g/mol. The van der Waals surface area contributed by atoms with Crippen LogP contribution in [-0.4, -0.2) is 19.6 Å². The van der Waals surface area contributed by atoms with Crippen molar-refractivity contribution in [2.45, 2.75) is 32.6 Å². The molecule has 0 unspecified atom stereocenters. The van der Waals surface area contributed by atoms with E-state index in [0.29, 0.717) is 6.42 Å². The third-order valence-electron chi connectivity index (χ3n) is 3.80. The Morgan fingerprint density at radius 1 is 1.08 bits per heavy atom. The van der Waals surface area contributed by atoms with Crippen molar-refractivity contribution in [3.8, 4) is 5.75 Å². The number of amides is 1.